The summed E-state index contributed by atoms with van der Waals surface area (Å²) in [4.78, 5) is 10.8. The molecule has 0 spiro atoms. The van der Waals surface area contributed by atoms with Crippen molar-refractivity contribution in [2.24, 2.45) is 0 Å². The Hall–Kier alpha value is -2.76. The van der Waals surface area contributed by atoms with Crippen LogP contribution in [0.5, 0.6) is 11.5 Å². The van der Waals surface area contributed by atoms with Gasteiger partial charge in [0.1, 0.15) is 11.5 Å². The molecule has 1 heterocycles. The summed E-state index contributed by atoms with van der Waals surface area (Å²) in [7, 11) is -2.27. The number of nitrogen functional groups attached to an aromatic ring is 2. The summed E-state index contributed by atoms with van der Waals surface area (Å²) >= 11 is 0. The standard InChI is InChI=1S/C26H32N2O2Si/c1-26(2,31(3,4)29)14-13-17-7-5-6-8-20(17)25-21-11-9-18(27)15-23(21)30-24-16-19(28)10-12-22(24)25/h5-12,15-16,25,29H,13-14,27-28H2,1-4H3. The van der Waals surface area contributed by atoms with E-state index in [9.17, 15) is 4.80 Å². The fourth-order valence-electron chi connectivity index (χ4n) is 4.17. The van der Waals surface area contributed by atoms with Crippen LogP contribution in [0, 0.1) is 0 Å². The van der Waals surface area contributed by atoms with Crippen LogP contribution in [-0.4, -0.2) is 13.1 Å². The van der Waals surface area contributed by atoms with Crippen molar-refractivity contribution < 1.29 is 9.53 Å². The molecule has 5 N–H and O–H groups in total. The average molecular weight is 433 g/mol. The molecule has 0 fully saturated rings. The van der Waals surface area contributed by atoms with Gasteiger partial charge in [0.25, 0.3) is 0 Å². The molecule has 31 heavy (non-hydrogen) atoms. The van der Waals surface area contributed by atoms with Crippen molar-refractivity contribution in [2.45, 2.75) is 50.7 Å². The van der Waals surface area contributed by atoms with Crippen LogP contribution in [0.4, 0.5) is 11.4 Å². The number of ether oxygens (including phenoxy) is 1. The maximum Gasteiger partial charge on any atom is 0.188 e. The minimum atomic E-state index is -2.27. The highest BCUT2D eigenvalue weighted by Crippen LogP contribution is 2.49. The number of rotatable bonds is 5. The van der Waals surface area contributed by atoms with Crippen molar-refractivity contribution in [1.29, 1.82) is 0 Å². The summed E-state index contributed by atoms with van der Waals surface area (Å²) in [5, 5.41) is -0.0749. The molecule has 0 bridgehead atoms. The second-order valence-corrected chi connectivity index (χ2v) is 14.2. The minimum Gasteiger partial charge on any atom is -0.457 e. The van der Waals surface area contributed by atoms with E-state index in [1.807, 2.05) is 37.4 Å². The number of fused-ring (bicyclic) bond motifs is 2. The number of aryl methyl sites for hydroxylation is 1. The number of hydrogen-bond acceptors (Lipinski definition) is 4. The third-order valence-electron chi connectivity index (χ3n) is 6.96. The summed E-state index contributed by atoms with van der Waals surface area (Å²) in [6.45, 7) is 8.43. The molecule has 0 atom stereocenters. The van der Waals surface area contributed by atoms with E-state index in [2.05, 4.69) is 50.2 Å². The van der Waals surface area contributed by atoms with Gasteiger partial charge in [-0.1, -0.05) is 50.2 Å². The summed E-state index contributed by atoms with van der Waals surface area (Å²) in [6, 6.07) is 20.4. The average Bonchev–Trinajstić information content (AvgIpc) is 2.70. The van der Waals surface area contributed by atoms with E-state index in [1.165, 1.54) is 11.1 Å². The Bertz CT molecular complexity index is 1070. The quantitative estimate of drug-likeness (QED) is 0.265. The monoisotopic (exact) mass is 432 g/mol. The van der Waals surface area contributed by atoms with Crippen molar-refractivity contribution in [3.8, 4) is 11.5 Å². The maximum atomic E-state index is 10.8. The zero-order valence-electron chi connectivity index (χ0n) is 18.8. The number of benzene rings is 3. The lowest BCUT2D eigenvalue weighted by Gasteiger charge is -2.36. The number of anilines is 2. The van der Waals surface area contributed by atoms with E-state index in [0.29, 0.717) is 11.4 Å². The van der Waals surface area contributed by atoms with Crippen LogP contribution in [0.3, 0.4) is 0 Å². The molecule has 1 aliphatic rings. The first-order valence-electron chi connectivity index (χ1n) is 10.8. The molecular formula is C26H32N2O2Si. The fourth-order valence-corrected chi connectivity index (χ4v) is 4.91. The fraction of sp³-hybridized carbons (Fsp3) is 0.308. The maximum absolute atomic E-state index is 10.8. The van der Waals surface area contributed by atoms with Gasteiger partial charge < -0.3 is 21.0 Å². The predicted octanol–water partition coefficient (Wildman–Crippen LogP) is 6.05. The Kier molecular flexibility index (Phi) is 5.36. The lowest BCUT2D eigenvalue weighted by atomic mass is 9.79. The zero-order valence-corrected chi connectivity index (χ0v) is 19.8. The topological polar surface area (TPSA) is 81.5 Å². The highest BCUT2D eigenvalue weighted by Gasteiger charge is 2.38. The van der Waals surface area contributed by atoms with Crippen molar-refractivity contribution in [3.05, 3.63) is 82.9 Å². The third kappa shape index (κ3) is 4.08. The molecule has 3 aromatic rings. The lowest BCUT2D eigenvalue weighted by Crippen LogP contribution is -2.39. The van der Waals surface area contributed by atoms with Crippen LogP contribution < -0.4 is 16.2 Å². The van der Waals surface area contributed by atoms with Gasteiger partial charge in [0.05, 0.1) is 0 Å². The van der Waals surface area contributed by atoms with E-state index >= 15 is 0 Å². The molecule has 0 amide bonds. The first-order valence-corrected chi connectivity index (χ1v) is 13.8. The summed E-state index contributed by atoms with van der Waals surface area (Å²) < 4.78 is 6.20. The van der Waals surface area contributed by atoms with Crippen LogP contribution >= 0.6 is 0 Å². The Morgan fingerprint density at radius 1 is 0.871 bits per heavy atom. The second-order valence-electron chi connectivity index (χ2n) is 9.77. The normalized spacial score (nSPS) is 14.0. The Balaban J connectivity index is 1.80. The van der Waals surface area contributed by atoms with Crippen molar-refractivity contribution >= 4 is 19.7 Å². The van der Waals surface area contributed by atoms with E-state index in [1.54, 1.807) is 0 Å². The van der Waals surface area contributed by atoms with E-state index in [0.717, 1.165) is 35.5 Å². The predicted molar refractivity (Wildman–Crippen MR) is 131 cm³/mol. The molecule has 0 saturated carbocycles. The van der Waals surface area contributed by atoms with Gasteiger partial charge in [0.2, 0.25) is 0 Å². The van der Waals surface area contributed by atoms with Crippen LogP contribution in [0.2, 0.25) is 18.1 Å². The van der Waals surface area contributed by atoms with Gasteiger partial charge in [-0.25, -0.2) is 0 Å². The van der Waals surface area contributed by atoms with Gasteiger partial charge >= 0.3 is 0 Å². The minimum absolute atomic E-state index is 0.0404. The molecule has 0 saturated heterocycles. The molecule has 4 rings (SSSR count). The second kappa shape index (κ2) is 7.73. The van der Waals surface area contributed by atoms with Crippen LogP contribution in [0.25, 0.3) is 0 Å². The molecule has 3 aromatic carbocycles. The molecule has 5 heteroatoms. The Morgan fingerprint density at radius 2 is 1.42 bits per heavy atom. The smallest absolute Gasteiger partial charge is 0.188 e. The van der Waals surface area contributed by atoms with Gasteiger partial charge in [-0.05, 0) is 54.2 Å². The summed E-state index contributed by atoms with van der Waals surface area (Å²) in [5.41, 5.74) is 18.2. The molecule has 4 nitrogen and oxygen atoms in total. The zero-order chi connectivity index (χ0) is 22.4. The van der Waals surface area contributed by atoms with Gasteiger partial charge in [-0.2, -0.15) is 0 Å². The van der Waals surface area contributed by atoms with Gasteiger partial charge in [0.15, 0.2) is 8.32 Å². The first kappa shape index (κ1) is 21.5. The van der Waals surface area contributed by atoms with Crippen LogP contribution in [-0.2, 0) is 6.42 Å². The lowest BCUT2D eigenvalue weighted by molar-refractivity contribution is 0.448. The van der Waals surface area contributed by atoms with E-state index in [-0.39, 0.29) is 11.0 Å². The van der Waals surface area contributed by atoms with Gasteiger partial charge in [-0.3, -0.25) is 0 Å². The largest absolute Gasteiger partial charge is 0.457 e. The molecule has 0 unspecified atom stereocenters. The first-order chi connectivity index (χ1) is 14.6. The molecular weight excluding hydrogens is 400 g/mol. The van der Waals surface area contributed by atoms with Crippen molar-refractivity contribution in [2.75, 3.05) is 11.5 Å². The molecule has 0 aliphatic carbocycles. The Morgan fingerprint density at radius 3 is 1.97 bits per heavy atom. The van der Waals surface area contributed by atoms with Crippen molar-refractivity contribution in [3.63, 3.8) is 0 Å². The third-order valence-corrected chi connectivity index (χ3v) is 10.5. The van der Waals surface area contributed by atoms with E-state index in [4.69, 9.17) is 16.2 Å². The SMILES string of the molecule is CC(C)(CCc1ccccc1C1c2ccc(N)cc2Oc2cc(N)ccc21)[Si](C)(C)O. The highest BCUT2D eigenvalue weighted by atomic mass is 28.4. The Labute approximate surface area is 186 Å². The summed E-state index contributed by atoms with van der Waals surface area (Å²) in [5.74, 6) is 1.60. The van der Waals surface area contributed by atoms with Gasteiger partial charge in [0, 0.05) is 40.6 Å². The van der Waals surface area contributed by atoms with Gasteiger partial charge in [-0.15, -0.1) is 0 Å². The van der Waals surface area contributed by atoms with Crippen molar-refractivity contribution in [1.82, 2.24) is 0 Å². The number of hydrogen-bond donors (Lipinski definition) is 3. The molecule has 1 aliphatic heterocycles. The molecule has 0 aromatic heterocycles. The molecule has 162 valence electrons. The summed E-state index contributed by atoms with van der Waals surface area (Å²) in [6.07, 6.45) is 1.85. The van der Waals surface area contributed by atoms with Crippen LogP contribution in [0.1, 0.15) is 48.4 Å². The highest BCUT2D eigenvalue weighted by molar-refractivity contribution is 6.72. The van der Waals surface area contributed by atoms with E-state index < -0.39 is 8.32 Å². The number of nitrogens with two attached hydrogens (primary N) is 2. The van der Waals surface area contributed by atoms with Crippen LogP contribution in [0.15, 0.2) is 60.7 Å². The molecule has 0 radical (unpaired) electrons.